The molecule has 2 aliphatic rings. The lowest BCUT2D eigenvalue weighted by molar-refractivity contribution is -0.120. The highest BCUT2D eigenvalue weighted by atomic mass is 19.2. The smallest absolute Gasteiger partial charge is 0.231 e. The third-order valence-electron chi connectivity index (χ3n) is 6.15. The molecule has 0 saturated carbocycles. The predicted octanol–water partition coefficient (Wildman–Crippen LogP) is 2.64. The molecule has 1 aromatic carbocycles. The molecule has 0 bridgehead atoms. The van der Waals surface area contributed by atoms with E-state index in [-0.39, 0.29) is 36.4 Å². The van der Waals surface area contributed by atoms with Crippen LogP contribution in [-0.2, 0) is 16.0 Å². The highest BCUT2D eigenvalue weighted by Crippen LogP contribution is 2.37. The lowest BCUT2D eigenvalue weighted by atomic mass is 9.96. The first kappa shape index (κ1) is 24.7. The number of carbonyl (C=O) groups is 1. The number of H-pyrrole nitrogens is 1. The Morgan fingerprint density at radius 3 is 2.89 bits per heavy atom. The second-order valence-corrected chi connectivity index (χ2v) is 8.58. The van der Waals surface area contributed by atoms with E-state index in [0.29, 0.717) is 48.7 Å². The van der Waals surface area contributed by atoms with Crippen molar-refractivity contribution in [3.05, 3.63) is 46.7 Å². The van der Waals surface area contributed by atoms with Gasteiger partial charge in [0.15, 0.2) is 23.2 Å². The predicted molar refractivity (Wildman–Crippen MR) is 127 cm³/mol. The van der Waals surface area contributed by atoms with E-state index < -0.39 is 17.6 Å². The van der Waals surface area contributed by atoms with E-state index in [2.05, 4.69) is 15.5 Å². The van der Waals surface area contributed by atoms with Crippen molar-refractivity contribution in [2.45, 2.75) is 25.9 Å². The number of hydrogen-bond donors (Lipinski definition) is 4. The number of aromatic amines is 1. The number of hydrogen-bond acceptors (Lipinski definition) is 7. The summed E-state index contributed by atoms with van der Waals surface area (Å²) in [5.74, 6) is -1.83. The fourth-order valence-electron chi connectivity index (χ4n) is 4.37. The van der Waals surface area contributed by atoms with Crippen LogP contribution in [-0.4, -0.2) is 67.5 Å². The average molecular weight is 487 g/mol. The second-order valence-electron chi connectivity index (χ2n) is 8.58. The summed E-state index contributed by atoms with van der Waals surface area (Å²) in [6.07, 6.45) is 4.17. The largest absolute Gasteiger partial charge is 0.485 e. The summed E-state index contributed by atoms with van der Waals surface area (Å²) in [6.45, 7) is 4.03. The lowest BCUT2D eigenvalue weighted by Crippen LogP contribution is -2.41. The number of nitrogens with zero attached hydrogens (tertiary/aromatic N) is 2. The van der Waals surface area contributed by atoms with Gasteiger partial charge in [-0.1, -0.05) is 6.07 Å². The van der Waals surface area contributed by atoms with Gasteiger partial charge in [-0.25, -0.2) is 8.78 Å². The maximum atomic E-state index is 13.9. The van der Waals surface area contributed by atoms with Crippen molar-refractivity contribution < 1.29 is 23.0 Å². The van der Waals surface area contributed by atoms with Crippen molar-refractivity contribution in [2.24, 2.45) is 5.92 Å². The van der Waals surface area contributed by atoms with Gasteiger partial charge in [0.1, 0.15) is 18.4 Å². The molecule has 0 spiro atoms. The van der Waals surface area contributed by atoms with Crippen LogP contribution in [0.1, 0.15) is 23.2 Å². The van der Waals surface area contributed by atoms with Crippen LogP contribution in [0.15, 0.2) is 18.2 Å². The van der Waals surface area contributed by atoms with E-state index in [9.17, 15) is 13.6 Å². The topological polar surface area (TPSA) is 127 Å². The second kappa shape index (κ2) is 10.9. The summed E-state index contributed by atoms with van der Waals surface area (Å²) in [5.41, 5.74) is 1.51. The zero-order chi connectivity index (χ0) is 24.9. The number of aryl methyl sites for hydroxylation is 1. The van der Waals surface area contributed by atoms with Gasteiger partial charge in [-0.2, -0.15) is 5.10 Å². The van der Waals surface area contributed by atoms with E-state index in [1.165, 1.54) is 17.9 Å². The fourth-order valence-corrected chi connectivity index (χ4v) is 4.37. The summed E-state index contributed by atoms with van der Waals surface area (Å²) in [7, 11) is 0. The van der Waals surface area contributed by atoms with Gasteiger partial charge in [-0.15, -0.1) is 0 Å². The monoisotopic (exact) mass is 486 g/mol. The Balaban J connectivity index is 1.57. The molecule has 4 rings (SSSR count). The molecule has 2 fully saturated rings. The van der Waals surface area contributed by atoms with Gasteiger partial charge in [0.25, 0.3) is 0 Å². The fraction of sp³-hybridized carbons (Fsp3) is 0.417. The van der Waals surface area contributed by atoms with Crippen molar-refractivity contribution in [1.82, 2.24) is 15.5 Å². The van der Waals surface area contributed by atoms with Crippen LogP contribution in [0.3, 0.4) is 0 Å². The normalized spacial score (nSPS) is 20.8. The molecule has 2 aromatic rings. The molecule has 11 heteroatoms. The zero-order valence-corrected chi connectivity index (χ0v) is 19.4. The van der Waals surface area contributed by atoms with Crippen LogP contribution >= 0.6 is 0 Å². The van der Waals surface area contributed by atoms with Crippen LogP contribution in [0.4, 0.5) is 14.6 Å². The van der Waals surface area contributed by atoms with E-state index >= 15 is 0 Å². The number of carbonyl (C=O) groups excluding carboxylic acids is 1. The number of nitrogens with one attached hydrogen (secondary N) is 4. The van der Waals surface area contributed by atoms with Gasteiger partial charge in [0, 0.05) is 43.6 Å². The van der Waals surface area contributed by atoms with Crippen molar-refractivity contribution in [1.29, 1.82) is 10.8 Å². The first-order chi connectivity index (χ1) is 16.9. The number of morpholine rings is 1. The summed E-state index contributed by atoms with van der Waals surface area (Å²) >= 11 is 0. The van der Waals surface area contributed by atoms with E-state index in [0.717, 1.165) is 25.0 Å². The van der Waals surface area contributed by atoms with Gasteiger partial charge in [-0.05, 0) is 43.0 Å². The number of allylic oxidation sites excluding steroid dienone is 2. The Kier molecular flexibility index (Phi) is 7.67. The summed E-state index contributed by atoms with van der Waals surface area (Å²) in [5, 5.41) is 25.5. The first-order valence-corrected chi connectivity index (χ1v) is 11.4. The number of amides is 1. The molecule has 2 aliphatic heterocycles. The van der Waals surface area contributed by atoms with E-state index in [1.807, 2.05) is 0 Å². The van der Waals surface area contributed by atoms with Crippen LogP contribution < -0.4 is 15.0 Å². The minimum Gasteiger partial charge on any atom is -0.485 e. The zero-order valence-electron chi connectivity index (χ0n) is 19.4. The van der Waals surface area contributed by atoms with Gasteiger partial charge in [0.05, 0.1) is 6.61 Å². The third kappa shape index (κ3) is 5.30. The van der Waals surface area contributed by atoms with Gasteiger partial charge < -0.3 is 25.6 Å². The number of rotatable bonds is 9. The Bertz CT molecular complexity index is 1120. The molecule has 2 atom stereocenters. The van der Waals surface area contributed by atoms with Gasteiger partial charge in [-0.3, -0.25) is 14.8 Å². The lowest BCUT2D eigenvalue weighted by Gasteiger charge is -2.24. The Morgan fingerprint density at radius 1 is 1.37 bits per heavy atom. The summed E-state index contributed by atoms with van der Waals surface area (Å²) in [4.78, 5) is 14.8. The van der Waals surface area contributed by atoms with Gasteiger partial charge in [0.2, 0.25) is 5.91 Å². The standard InChI is InChI=1S/C24H28F2N6O3/c1-14-8-15(10-19(25)20(14)26)9-16-3-6-32(24(16)33)23-22(35-13-18-12-29-5-7-34-18)21(30-31-23)17(11-28)2-4-27/h2,4,8,10-11,16,18,27-29H,3,5-7,9,12-13H2,1H3,(H,30,31)/b17-2+,27-4?,28-11?. The van der Waals surface area contributed by atoms with Crippen LogP contribution in [0, 0.1) is 35.3 Å². The number of aromatic nitrogens is 2. The molecule has 2 saturated heterocycles. The van der Waals surface area contributed by atoms with E-state index in [4.69, 9.17) is 20.3 Å². The molecule has 1 amide bonds. The number of anilines is 1. The quantitative estimate of drug-likeness (QED) is 0.405. The number of benzene rings is 1. The van der Waals surface area contributed by atoms with Crippen molar-refractivity contribution >= 4 is 29.7 Å². The molecule has 2 unspecified atom stereocenters. The van der Waals surface area contributed by atoms with Crippen LogP contribution in [0.5, 0.6) is 5.75 Å². The first-order valence-electron chi connectivity index (χ1n) is 11.4. The molecule has 1 aromatic heterocycles. The molecule has 4 N–H and O–H groups in total. The molecule has 186 valence electrons. The highest BCUT2D eigenvalue weighted by molar-refractivity contribution is 6.13. The number of halogens is 2. The SMILES string of the molecule is Cc1cc(CC2CCN(c3n[nH]c(/C(C=N)=C/C=N)c3OCC3CNCCO3)C2=O)cc(F)c1F. The molecule has 3 heterocycles. The summed E-state index contributed by atoms with van der Waals surface area (Å²) in [6, 6.07) is 2.70. The molecule has 9 nitrogen and oxygen atoms in total. The molecule has 35 heavy (non-hydrogen) atoms. The van der Waals surface area contributed by atoms with Crippen LogP contribution in [0.25, 0.3) is 5.57 Å². The molecule has 0 aliphatic carbocycles. The third-order valence-corrected chi connectivity index (χ3v) is 6.15. The van der Waals surface area contributed by atoms with Crippen LogP contribution in [0.2, 0.25) is 0 Å². The molecular formula is C24H28F2N6O3. The number of ether oxygens (including phenoxy) is 2. The Labute approximate surface area is 201 Å². The van der Waals surface area contributed by atoms with E-state index in [1.54, 1.807) is 6.07 Å². The van der Waals surface area contributed by atoms with Crippen molar-refractivity contribution in [2.75, 3.05) is 37.7 Å². The maximum Gasteiger partial charge on any atom is 0.231 e. The van der Waals surface area contributed by atoms with Crippen molar-refractivity contribution in [3.63, 3.8) is 0 Å². The Morgan fingerprint density at radius 2 is 2.20 bits per heavy atom. The average Bonchev–Trinajstić information content (AvgIpc) is 3.43. The molecule has 0 radical (unpaired) electrons. The van der Waals surface area contributed by atoms with Crippen molar-refractivity contribution in [3.8, 4) is 5.75 Å². The maximum absolute atomic E-state index is 13.9. The van der Waals surface area contributed by atoms with Gasteiger partial charge >= 0.3 is 0 Å². The minimum atomic E-state index is -0.925. The highest BCUT2D eigenvalue weighted by Gasteiger charge is 2.37. The minimum absolute atomic E-state index is 0.187. The summed E-state index contributed by atoms with van der Waals surface area (Å²) < 4.78 is 39.3. The Hall–Kier alpha value is -3.44. The molecular weight excluding hydrogens is 458 g/mol.